The number of aromatic amines is 1. The van der Waals surface area contributed by atoms with Crippen molar-refractivity contribution in [3.8, 4) is 0 Å². The Labute approximate surface area is 170 Å². The molecule has 2 heterocycles. The fourth-order valence-corrected chi connectivity index (χ4v) is 3.20. The molecule has 0 aliphatic heterocycles. The van der Waals surface area contributed by atoms with Gasteiger partial charge in [-0.05, 0) is 50.8 Å². The zero-order chi connectivity index (χ0) is 21.0. The Morgan fingerprint density at radius 2 is 2.17 bits per heavy atom. The van der Waals surface area contributed by atoms with Crippen molar-refractivity contribution in [2.45, 2.75) is 40.7 Å². The molecule has 2 aromatic rings. The average Bonchev–Trinajstić information content (AvgIpc) is 3.02. The molecule has 3 rings (SSSR count). The maximum absolute atomic E-state index is 12.6. The zero-order valence-corrected chi connectivity index (χ0v) is 17.4. The monoisotopic (exact) mass is 389 g/mol. The Morgan fingerprint density at radius 1 is 1.38 bits per heavy atom. The molecule has 0 bridgehead atoms. The first-order valence-corrected chi connectivity index (χ1v) is 9.67. The van der Waals surface area contributed by atoms with Crippen molar-refractivity contribution in [1.29, 1.82) is 0 Å². The topological polar surface area (TPSA) is 75.1 Å². The average molecular weight is 390 g/mol. The molecule has 29 heavy (non-hydrogen) atoms. The molecular weight excluding hydrogens is 362 g/mol. The molecule has 0 aromatic carbocycles. The Morgan fingerprint density at radius 3 is 2.90 bits per heavy atom. The van der Waals surface area contributed by atoms with Gasteiger partial charge in [0.05, 0.1) is 12.2 Å². The Kier molecular flexibility index (Phi) is 6.12. The van der Waals surface area contributed by atoms with E-state index in [0.717, 1.165) is 28.8 Å². The largest absolute Gasteiger partial charge is 0.379 e. The first kappa shape index (κ1) is 20.3. The summed E-state index contributed by atoms with van der Waals surface area (Å²) in [6.07, 6.45) is 13.1. The standard InChI is InChI=1S/C23H27N5O/c1-6-7-12-19(15(2)3)22-26-23-25-18(13-20(29)28(23)27-22)14-24-21-16(4)10-8-9-11-17(21)5/h6-8,10-13,24H,2,9,14H2,1,3-5H3,(H,25,26,27)/b7-6-,19-12+. The van der Waals surface area contributed by atoms with Crippen molar-refractivity contribution < 1.29 is 0 Å². The van der Waals surface area contributed by atoms with E-state index in [0.29, 0.717) is 23.8 Å². The molecule has 6 heteroatoms. The number of allylic oxidation sites excluding steroid dienone is 10. The van der Waals surface area contributed by atoms with Gasteiger partial charge < -0.3 is 5.32 Å². The maximum Gasteiger partial charge on any atom is 0.274 e. The van der Waals surface area contributed by atoms with E-state index in [4.69, 9.17) is 0 Å². The van der Waals surface area contributed by atoms with E-state index in [1.54, 1.807) is 0 Å². The molecule has 0 amide bonds. The van der Waals surface area contributed by atoms with Crippen molar-refractivity contribution >= 4 is 11.4 Å². The van der Waals surface area contributed by atoms with Crippen molar-refractivity contribution in [1.82, 2.24) is 24.9 Å². The molecule has 1 aliphatic carbocycles. The number of aromatic nitrogens is 4. The van der Waals surface area contributed by atoms with Crippen LogP contribution in [0.4, 0.5) is 0 Å². The summed E-state index contributed by atoms with van der Waals surface area (Å²) in [6.45, 7) is 12.4. The van der Waals surface area contributed by atoms with Gasteiger partial charge in [0.15, 0.2) is 5.82 Å². The van der Waals surface area contributed by atoms with Gasteiger partial charge in [-0.15, -0.1) is 0 Å². The van der Waals surface area contributed by atoms with E-state index < -0.39 is 0 Å². The Bertz CT molecular complexity index is 1150. The Hall–Kier alpha value is -3.41. The summed E-state index contributed by atoms with van der Waals surface area (Å²) < 4.78 is 1.36. The highest BCUT2D eigenvalue weighted by Gasteiger charge is 2.13. The highest BCUT2D eigenvalue weighted by atomic mass is 16.1. The summed E-state index contributed by atoms with van der Waals surface area (Å²) >= 11 is 0. The molecule has 0 atom stereocenters. The van der Waals surface area contributed by atoms with Crippen LogP contribution >= 0.6 is 0 Å². The van der Waals surface area contributed by atoms with Crippen LogP contribution in [0.5, 0.6) is 0 Å². The lowest BCUT2D eigenvalue weighted by molar-refractivity contribution is 0.772. The van der Waals surface area contributed by atoms with Crippen LogP contribution in [-0.4, -0.2) is 19.6 Å². The minimum atomic E-state index is -0.198. The van der Waals surface area contributed by atoms with Gasteiger partial charge in [0.25, 0.3) is 11.3 Å². The lowest BCUT2D eigenvalue weighted by atomic mass is 10.1. The normalized spacial score (nSPS) is 15.2. The second kappa shape index (κ2) is 8.73. The zero-order valence-electron chi connectivity index (χ0n) is 17.4. The third-order valence-corrected chi connectivity index (χ3v) is 4.72. The molecule has 2 N–H and O–H groups in total. The predicted molar refractivity (Wildman–Crippen MR) is 118 cm³/mol. The first-order chi connectivity index (χ1) is 13.9. The van der Waals surface area contributed by atoms with Crippen molar-refractivity contribution in [2.24, 2.45) is 0 Å². The molecule has 0 radical (unpaired) electrons. The number of H-pyrrole nitrogens is 1. The molecule has 0 saturated carbocycles. The molecular formula is C23H27N5O. The van der Waals surface area contributed by atoms with Gasteiger partial charge in [0, 0.05) is 17.3 Å². The molecule has 150 valence electrons. The molecule has 2 aromatic heterocycles. The summed E-state index contributed by atoms with van der Waals surface area (Å²) in [5.41, 5.74) is 5.55. The highest BCUT2D eigenvalue weighted by molar-refractivity contribution is 5.75. The summed E-state index contributed by atoms with van der Waals surface area (Å²) in [7, 11) is 0. The predicted octanol–water partition coefficient (Wildman–Crippen LogP) is 4.22. The van der Waals surface area contributed by atoms with Crippen molar-refractivity contribution in [2.75, 3.05) is 0 Å². The lowest BCUT2D eigenvalue weighted by Crippen LogP contribution is -2.21. The molecule has 1 aliphatic rings. The van der Waals surface area contributed by atoms with Gasteiger partial charge in [-0.3, -0.25) is 9.89 Å². The third kappa shape index (κ3) is 4.54. The van der Waals surface area contributed by atoms with Crippen LogP contribution in [0.2, 0.25) is 0 Å². The second-order valence-electron chi connectivity index (χ2n) is 7.12. The maximum atomic E-state index is 12.6. The van der Waals surface area contributed by atoms with Crippen LogP contribution in [0.15, 0.2) is 76.3 Å². The number of hydrogen-bond donors (Lipinski definition) is 2. The van der Waals surface area contributed by atoms with Gasteiger partial charge in [0.1, 0.15) is 0 Å². The number of fused-ring (bicyclic) bond motifs is 1. The fraction of sp³-hybridized carbons (Fsp3) is 0.261. The van der Waals surface area contributed by atoms with E-state index in [1.165, 1.54) is 16.2 Å². The van der Waals surface area contributed by atoms with Gasteiger partial charge >= 0.3 is 0 Å². The van der Waals surface area contributed by atoms with Crippen LogP contribution in [0.1, 0.15) is 45.6 Å². The molecule has 6 nitrogen and oxygen atoms in total. The quantitative estimate of drug-likeness (QED) is 0.725. The van der Waals surface area contributed by atoms with E-state index in [1.807, 2.05) is 32.1 Å². The molecule has 0 unspecified atom stereocenters. The third-order valence-electron chi connectivity index (χ3n) is 4.72. The SMILES string of the molecule is C=C(C)/C(=C\C=C/C)c1nc2nc(CNC3=C(C)C=CCC=C3C)cc(=O)n2[nH]1. The smallest absolute Gasteiger partial charge is 0.274 e. The molecule has 0 saturated heterocycles. The van der Waals surface area contributed by atoms with Gasteiger partial charge in [-0.25, -0.2) is 4.98 Å². The van der Waals surface area contributed by atoms with Gasteiger partial charge in [-0.2, -0.15) is 9.50 Å². The summed E-state index contributed by atoms with van der Waals surface area (Å²) in [4.78, 5) is 21.7. The highest BCUT2D eigenvalue weighted by Crippen LogP contribution is 2.19. The summed E-state index contributed by atoms with van der Waals surface area (Å²) in [6, 6.07) is 1.53. The van der Waals surface area contributed by atoms with Crippen LogP contribution in [0, 0.1) is 0 Å². The van der Waals surface area contributed by atoms with E-state index in [2.05, 4.69) is 59.0 Å². The molecule has 0 spiro atoms. The van der Waals surface area contributed by atoms with E-state index in [9.17, 15) is 4.79 Å². The van der Waals surface area contributed by atoms with Crippen LogP contribution in [0.25, 0.3) is 11.4 Å². The number of rotatable bonds is 6. The van der Waals surface area contributed by atoms with Crippen LogP contribution in [0.3, 0.4) is 0 Å². The van der Waals surface area contributed by atoms with Crippen LogP contribution < -0.4 is 10.9 Å². The van der Waals surface area contributed by atoms with Crippen molar-refractivity contribution in [3.63, 3.8) is 0 Å². The van der Waals surface area contributed by atoms with E-state index in [-0.39, 0.29) is 5.56 Å². The van der Waals surface area contributed by atoms with E-state index >= 15 is 0 Å². The minimum absolute atomic E-state index is 0.198. The Balaban J connectivity index is 1.93. The first-order valence-electron chi connectivity index (χ1n) is 9.67. The van der Waals surface area contributed by atoms with Gasteiger partial charge in [0.2, 0.25) is 0 Å². The summed E-state index contributed by atoms with van der Waals surface area (Å²) in [5, 5.41) is 6.45. The number of hydrogen-bond acceptors (Lipinski definition) is 4. The minimum Gasteiger partial charge on any atom is -0.379 e. The summed E-state index contributed by atoms with van der Waals surface area (Å²) in [5.74, 6) is 0.909. The van der Waals surface area contributed by atoms with Gasteiger partial charge in [-0.1, -0.05) is 43.0 Å². The van der Waals surface area contributed by atoms with Crippen molar-refractivity contribution in [3.05, 3.63) is 93.4 Å². The second-order valence-corrected chi connectivity index (χ2v) is 7.12. The lowest BCUT2D eigenvalue weighted by Gasteiger charge is -2.13. The fourth-order valence-electron chi connectivity index (χ4n) is 3.20. The van der Waals surface area contributed by atoms with Crippen LogP contribution in [-0.2, 0) is 6.54 Å². The number of nitrogens with zero attached hydrogens (tertiary/aromatic N) is 3. The number of nitrogens with one attached hydrogen (secondary N) is 2. The molecule has 0 fully saturated rings.